The molecule has 2 N–H and O–H groups in total. The van der Waals surface area contributed by atoms with Crippen LogP contribution in [0.3, 0.4) is 0 Å². The third-order valence-corrected chi connectivity index (χ3v) is 6.54. The number of rotatable bonds is 7. The van der Waals surface area contributed by atoms with Gasteiger partial charge in [0.05, 0.1) is 28.8 Å². The van der Waals surface area contributed by atoms with E-state index in [0.29, 0.717) is 43.6 Å². The molecule has 0 bridgehead atoms. The van der Waals surface area contributed by atoms with E-state index in [2.05, 4.69) is 5.32 Å². The molecule has 1 heterocycles. The van der Waals surface area contributed by atoms with Crippen molar-refractivity contribution in [2.24, 2.45) is 0 Å². The first kappa shape index (κ1) is 20.1. The summed E-state index contributed by atoms with van der Waals surface area (Å²) in [6, 6.07) is 4.37. The van der Waals surface area contributed by atoms with Crippen molar-refractivity contribution >= 4 is 33.2 Å². The molecule has 9 heteroatoms. The topological polar surface area (TPSA) is 80.2 Å². The zero-order valence-electron chi connectivity index (χ0n) is 14.5. The Balaban J connectivity index is 2.14. The Kier molecular flexibility index (Phi) is 7.21. The van der Waals surface area contributed by atoms with Crippen molar-refractivity contribution in [2.75, 3.05) is 51.3 Å². The van der Waals surface area contributed by atoms with Crippen molar-refractivity contribution in [3.05, 3.63) is 23.2 Å². The van der Waals surface area contributed by atoms with E-state index in [-0.39, 0.29) is 10.8 Å². The number of quaternary nitrogens is 1. The van der Waals surface area contributed by atoms with Crippen LogP contribution in [0.4, 0.5) is 5.69 Å². The number of sulfonamides is 1. The van der Waals surface area contributed by atoms with Crippen LogP contribution in [0.25, 0.3) is 0 Å². The van der Waals surface area contributed by atoms with E-state index in [4.69, 9.17) is 16.3 Å². The number of halogens is 1. The zero-order valence-corrected chi connectivity index (χ0v) is 16.1. The lowest BCUT2D eigenvalue weighted by atomic mass is 10.3. The SMILES string of the molecule is CCN(CC)S(=O)(=O)c1ccc(Cl)c(NC(=O)C[NH+]2CCOCC2)c1. The molecule has 1 saturated heterocycles. The summed E-state index contributed by atoms with van der Waals surface area (Å²) in [6.45, 7) is 7.45. The second kappa shape index (κ2) is 8.95. The van der Waals surface area contributed by atoms with Crippen LogP contribution >= 0.6 is 11.6 Å². The third-order valence-electron chi connectivity index (χ3n) is 4.17. The fourth-order valence-electron chi connectivity index (χ4n) is 2.73. The highest BCUT2D eigenvalue weighted by molar-refractivity contribution is 7.89. The molecule has 1 aromatic carbocycles. The average Bonchev–Trinajstić information content (AvgIpc) is 2.58. The van der Waals surface area contributed by atoms with E-state index >= 15 is 0 Å². The number of anilines is 1. The van der Waals surface area contributed by atoms with E-state index in [1.54, 1.807) is 13.8 Å². The van der Waals surface area contributed by atoms with E-state index in [1.807, 2.05) is 0 Å². The second-order valence-corrected chi connectivity index (χ2v) is 8.16. The van der Waals surface area contributed by atoms with E-state index in [0.717, 1.165) is 18.0 Å². The lowest BCUT2D eigenvalue weighted by Gasteiger charge is -2.23. The summed E-state index contributed by atoms with van der Waals surface area (Å²) >= 11 is 6.13. The minimum absolute atomic E-state index is 0.120. The van der Waals surface area contributed by atoms with Crippen LogP contribution in [0.2, 0.25) is 5.02 Å². The molecule has 0 atom stereocenters. The number of morpholine rings is 1. The standard InChI is InChI=1S/C16H24ClN3O4S/c1-3-20(4-2)25(22,23)13-5-6-14(17)15(11-13)18-16(21)12-19-7-9-24-10-8-19/h5-6,11H,3-4,7-10,12H2,1-2H3,(H,18,21)/p+1. The van der Waals surface area contributed by atoms with Gasteiger partial charge in [0.1, 0.15) is 13.1 Å². The van der Waals surface area contributed by atoms with Crippen LogP contribution in [0, 0.1) is 0 Å². The highest BCUT2D eigenvalue weighted by Crippen LogP contribution is 2.26. The zero-order chi connectivity index (χ0) is 18.4. The van der Waals surface area contributed by atoms with Crippen molar-refractivity contribution in [3.8, 4) is 0 Å². The Hall–Kier alpha value is -1.19. The Labute approximate surface area is 153 Å². The molecule has 0 spiro atoms. The molecule has 1 amide bonds. The maximum absolute atomic E-state index is 12.6. The van der Waals surface area contributed by atoms with Gasteiger partial charge in [-0.15, -0.1) is 0 Å². The largest absolute Gasteiger partial charge is 0.370 e. The molecule has 1 aliphatic rings. The van der Waals surface area contributed by atoms with Crippen LogP contribution in [-0.4, -0.2) is 64.6 Å². The normalized spacial score (nSPS) is 16.2. The summed E-state index contributed by atoms with van der Waals surface area (Å²) in [5, 5.41) is 3.04. The average molecular weight is 391 g/mol. The van der Waals surface area contributed by atoms with Gasteiger partial charge in [0.15, 0.2) is 6.54 Å². The number of hydrogen-bond donors (Lipinski definition) is 2. The van der Waals surface area contributed by atoms with Crippen molar-refractivity contribution in [1.82, 2.24) is 4.31 Å². The summed E-state index contributed by atoms with van der Waals surface area (Å²) in [5.41, 5.74) is 0.313. The van der Waals surface area contributed by atoms with Crippen molar-refractivity contribution in [1.29, 1.82) is 0 Å². The van der Waals surface area contributed by atoms with Crippen molar-refractivity contribution in [3.63, 3.8) is 0 Å². The summed E-state index contributed by atoms with van der Waals surface area (Å²) in [4.78, 5) is 13.5. The first-order chi connectivity index (χ1) is 11.9. The minimum atomic E-state index is -3.60. The van der Waals surface area contributed by atoms with Crippen LogP contribution in [0.15, 0.2) is 23.1 Å². The minimum Gasteiger partial charge on any atom is -0.370 e. The Morgan fingerprint density at radius 1 is 1.28 bits per heavy atom. The van der Waals surface area contributed by atoms with Gasteiger partial charge in [-0.1, -0.05) is 25.4 Å². The Bertz CT molecular complexity index is 701. The van der Waals surface area contributed by atoms with Gasteiger partial charge in [-0.25, -0.2) is 8.42 Å². The highest BCUT2D eigenvalue weighted by atomic mass is 35.5. The number of nitrogens with one attached hydrogen (secondary N) is 2. The van der Waals surface area contributed by atoms with Gasteiger partial charge in [-0.3, -0.25) is 4.79 Å². The number of amides is 1. The highest BCUT2D eigenvalue weighted by Gasteiger charge is 2.23. The summed E-state index contributed by atoms with van der Waals surface area (Å²) in [7, 11) is -3.60. The van der Waals surface area contributed by atoms with Crippen LogP contribution in [0.1, 0.15) is 13.8 Å². The van der Waals surface area contributed by atoms with Gasteiger partial charge in [0.2, 0.25) is 10.0 Å². The van der Waals surface area contributed by atoms with E-state index in [1.165, 1.54) is 22.5 Å². The smallest absolute Gasteiger partial charge is 0.279 e. The van der Waals surface area contributed by atoms with Gasteiger partial charge in [-0.2, -0.15) is 4.31 Å². The second-order valence-electron chi connectivity index (χ2n) is 5.82. The number of carbonyl (C=O) groups is 1. The molecular formula is C16H25ClN3O4S+. The summed E-state index contributed by atoms with van der Waals surface area (Å²) < 4.78 is 31.9. The van der Waals surface area contributed by atoms with Crippen molar-refractivity contribution < 1.29 is 22.8 Å². The predicted molar refractivity (Wildman–Crippen MR) is 96.6 cm³/mol. The predicted octanol–water partition coefficient (Wildman–Crippen LogP) is 0.224. The van der Waals surface area contributed by atoms with Gasteiger partial charge in [0, 0.05) is 13.1 Å². The molecule has 0 aliphatic carbocycles. The molecule has 0 unspecified atom stereocenters. The van der Waals surface area contributed by atoms with Gasteiger partial charge in [0.25, 0.3) is 5.91 Å². The lowest BCUT2D eigenvalue weighted by molar-refractivity contribution is -0.899. The number of ether oxygens (including phenoxy) is 1. The van der Waals surface area contributed by atoms with Crippen LogP contribution < -0.4 is 10.2 Å². The lowest BCUT2D eigenvalue weighted by Crippen LogP contribution is -3.15. The molecule has 0 radical (unpaired) electrons. The van der Waals surface area contributed by atoms with Crippen LogP contribution in [-0.2, 0) is 19.6 Å². The molecule has 1 aliphatic heterocycles. The van der Waals surface area contributed by atoms with Gasteiger partial charge < -0.3 is 15.0 Å². The molecule has 0 aromatic heterocycles. The number of carbonyl (C=O) groups excluding carboxylic acids is 1. The quantitative estimate of drug-likeness (QED) is 0.698. The summed E-state index contributed by atoms with van der Waals surface area (Å²) in [6.07, 6.45) is 0. The number of benzene rings is 1. The third kappa shape index (κ3) is 5.15. The maximum Gasteiger partial charge on any atom is 0.279 e. The number of hydrogen-bond acceptors (Lipinski definition) is 4. The molecule has 25 heavy (non-hydrogen) atoms. The summed E-state index contributed by atoms with van der Waals surface area (Å²) in [5.74, 6) is -0.198. The fourth-order valence-corrected chi connectivity index (χ4v) is 4.38. The Morgan fingerprint density at radius 3 is 2.52 bits per heavy atom. The molecule has 2 rings (SSSR count). The molecule has 1 fully saturated rings. The number of nitrogens with zero attached hydrogens (tertiary/aromatic N) is 1. The molecule has 0 saturated carbocycles. The molecule has 1 aromatic rings. The Morgan fingerprint density at radius 2 is 1.92 bits per heavy atom. The maximum atomic E-state index is 12.6. The van der Waals surface area contributed by atoms with Gasteiger partial charge in [-0.05, 0) is 18.2 Å². The van der Waals surface area contributed by atoms with Crippen molar-refractivity contribution in [2.45, 2.75) is 18.7 Å². The van der Waals surface area contributed by atoms with E-state index in [9.17, 15) is 13.2 Å². The molecule has 140 valence electrons. The van der Waals surface area contributed by atoms with Crippen LogP contribution in [0.5, 0.6) is 0 Å². The molecular weight excluding hydrogens is 366 g/mol. The van der Waals surface area contributed by atoms with E-state index < -0.39 is 10.0 Å². The first-order valence-electron chi connectivity index (χ1n) is 8.39. The fraction of sp³-hybridized carbons (Fsp3) is 0.562. The molecule has 7 nitrogen and oxygen atoms in total. The van der Waals surface area contributed by atoms with Gasteiger partial charge >= 0.3 is 0 Å². The first-order valence-corrected chi connectivity index (χ1v) is 10.2. The monoisotopic (exact) mass is 390 g/mol.